The lowest BCUT2D eigenvalue weighted by atomic mass is 10.1. The van der Waals surface area contributed by atoms with Gasteiger partial charge in [0.1, 0.15) is 11.5 Å². The first-order valence-electron chi connectivity index (χ1n) is 9.31. The van der Waals surface area contributed by atoms with E-state index in [-0.39, 0.29) is 23.2 Å². The maximum Gasteiger partial charge on any atom is 0.230 e. The normalized spacial score (nSPS) is 11.1. The smallest absolute Gasteiger partial charge is 0.230 e. The number of amides is 1. The third-order valence-corrected chi connectivity index (χ3v) is 5.67. The number of imidazole rings is 1. The molecule has 152 valence electrons. The first kappa shape index (κ1) is 20.4. The number of aryl methyl sites for hydroxylation is 2. The highest BCUT2D eigenvalue weighted by atomic mass is 35.5. The number of nitrogens with zero attached hydrogens (tertiary/aromatic N) is 2. The molecule has 0 aliphatic carbocycles. The number of nitrogens with one attached hydrogen (secondary N) is 1. The minimum Gasteiger partial charge on any atom is -0.324 e. The number of hydrogen-bond donors (Lipinski definition) is 1. The second-order valence-corrected chi connectivity index (χ2v) is 7.92. The quantitative estimate of drug-likeness (QED) is 0.406. The predicted molar refractivity (Wildman–Crippen MR) is 119 cm³/mol. The van der Waals surface area contributed by atoms with Gasteiger partial charge in [0.25, 0.3) is 0 Å². The lowest BCUT2D eigenvalue weighted by Crippen LogP contribution is -2.16. The summed E-state index contributed by atoms with van der Waals surface area (Å²) < 4.78 is 15.7. The first-order valence-corrected chi connectivity index (χ1v) is 10.1. The van der Waals surface area contributed by atoms with Gasteiger partial charge in [0.05, 0.1) is 33.5 Å². The van der Waals surface area contributed by atoms with Crippen molar-refractivity contribution in [3.63, 3.8) is 0 Å². The van der Waals surface area contributed by atoms with E-state index in [0.717, 1.165) is 11.1 Å². The summed E-state index contributed by atoms with van der Waals surface area (Å²) in [6, 6.07) is 13.7. The summed E-state index contributed by atoms with van der Waals surface area (Å²) in [5.74, 6) is -0.546. The molecule has 2 aromatic heterocycles. The Hall–Kier alpha value is -2.89. The largest absolute Gasteiger partial charge is 0.324 e. The summed E-state index contributed by atoms with van der Waals surface area (Å²) in [5, 5.41) is 3.46. The second-order valence-electron chi connectivity index (χ2n) is 7.13. The van der Waals surface area contributed by atoms with Crippen LogP contribution < -0.4 is 5.32 Å². The number of fused-ring (bicyclic) bond motifs is 1. The average molecular weight is 442 g/mol. The number of halogens is 3. The van der Waals surface area contributed by atoms with E-state index in [2.05, 4.69) is 5.32 Å². The van der Waals surface area contributed by atoms with E-state index < -0.39 is 0 Å². The van der Waals surface area contributed by atoms with Crippen LogP contribution in [-0.2, 0) is 11.2 Å². The molecular weight excluding hydrogens is 424 g/mol. The molecular formula is C23H18Cl2FN3O. The number of carbonyl (C=O) groups excluding carboxylic acids is 1. The summed E-state index contributed by atoms with van der Waals surface area (Å²) in [6.45, 7) is 3.67. The van der Waals surface area contributed by atoms with Crippen molar-refractivity contribution in [2.45, 2.75) is 20.3 Å². The number of rotatable bonds is 4. The van der Waals surface area contributed by atoms with Crippen LogP contribution in [0.15, 0.2) is 54.7 Å². The van der Waals surface area contributed by atoms with Crippen LogP contribution in [0.25, 0.3) is 16.9 Å². The minimum absolute atomic E-state index is 0.0548. The SMILES string of the molecule is Cc1ccc2nc(-c3ccc(F)c(C)c3)c(CC(=O)Nc3cccc(Cl)c3Cl)n2c1. The first-order chi connectivity index (χ1) is 14.3. The van der Waals surface area contributed by atoms with E-state index in [4.69, 9.17) is 28.2 Å². The molecule has 1 amide bonds. The highest BCUT2D eigenvalue weighted by Crippen LogP contribution is 2.31. The highest BCUT2D eigenvalue weighted by Gasteiger charge is 2.19. The van der Waals surface area contributed by atoms with Gasteiger partial charge in [-0.25, -0.2) is 9.37 Å². The summed E-state index contributed by atoms with van der Waals surface area (Å²) in [4.78, 5) is 17.6. The monoisotopic (exact) mass is 441 g/mol. The van der Waals surface area contributed by atoms with Gasteiger partial charge in [-0.15, -0.1) is 0 Å². The van der Waals surface area contributed by atoms with Crippen LogP contribution in [0, 0.1) is 19.7 Å². The fourth-order valence-electron chi connectivity index (χ4n) is 3.34. The van der Waals surface area contributed by atoms with E-state index in [1.807, 2.05) is 29.7 Å². The zero-order valence-corrected chi connectivity index (χ0v) is 17.9. The summed E-state index contributed by atoms with van der Waals surface area (Å²) in [6.07, 6.45) is 1.98. The van der Waals surface area contributed by atoms with Crippen molar-refractivity contribution >= 4 is 40.4 Å². The van der Waals surface area contributed by atoms with Crippen molar-refractivity contribution in [2.75, 3.05) is 5.32 Å². The van der Waals surface area contributed by atoms with Gasteiger partial charge in [-0.1, -0.05) is 35.3 Å². The fourth-order valence-corrected chi connectivity index (χ4v) is 3.69. The van der Waals surface area contributed by atoms with Crippen molar-refractivity contribution in [1.82, 2.24) is 9.38 Å². The molecule has 0 aliphatic heterocycles. The molecule has 1 N–H and O–H groups in total. The molecule has 0 radical (unpaired) electrons. The molecule has 0 saturated heterocycles. The third kappa shape index (κ3) is 3.91. The lowest BCUT2D eigenvalue weighted by Gasteiger charge is -2.10. The Labute approximate surface area is 183 Å². The topological polar surface area (TPSA) is 46.4 Å². The summed E-state index contributed by atoms with van der Waals surface area (Å²) >= 11 is 12.2. The van der Waals surface area contributed by atoms with Gasteiger partial charge in [0.2, 0.25) is 5.91 Å². The molecule has 0 spiro atoms. The highest BCUT2D eigenvalue weighted by molar-refractivity contribution is 6.44. The molecule has 0 fully saturated rings. The van der Waals surface area contributed by atoms with Gasteiger partial charge < -0.3 is 9.72 Å². The van der Waals surface area contributed by atoms with Crippen molar-refractivity contribution in [1.29, 1.82) is 0 Å². The number of aromatic nitrogens is 2. The van der Waals surface area contributed by atoms with E-state index in [9.17, 15) is 9.18 Å². The molecule has 4 aromatic rings. The predicted octanol–water partition coefficient (Wildman–Crippen LogP) is 6.25. The molecule has 0 saturated carbocycles. The molecule has 7 heteroatoms. The number of anilines is 1. The van der Waals surface area contributed by atoms with Gasteiger partial charge in [0, 0.05) is 11.8 Å². The van der Waals surface area contributed by atoms with E-state index in [1.54, 1.807) is 37.3 Å². The van der Waals surface area contributed by atoms with Crippen LogP contribution in [0.5, 0.6) is 0 Å². The van der Waals surface area contributed by atoms with Crippen molar-refractivity contribution in [3.8, 4) is 11.3 Å². The standard InChI is InChI=1S/C23H18Cl2FN3O/c1-13-6-9-20-28-23(15-7-8-17(26)14(2)10-15)19(29(20)12-13)11-21(30)27-18-5-3-4-16(24)22(18)25/h3-10,12H,11H2,1-2H3,(H,27,30). The second kappa shape index (κ2) is 8.09. The Bertz CT molecular complexity index is 1280. The number of benzene rings is 2. The van der Waals surface area contributed by atoms with E-state index >= 15 is 0 Å². The molecule has 0 bridgehead atoms. The van der Waals surface area contributed by atoms with Crippen LogP contribution in [0.4, 0.5) is 10.1 Å². The Morgan fingerprint density at radius 3 is 2.70 bits per heavy atom. The fraction of sp³-hybridized carbons (Fsp3) is 0.130. The van der Waals surface area contributed by atoms with Crippen molar-refractivity contribution in [2.24, 2.45) is 0 Å². The van der Waals surface area contributed by atoms with Crippen LogP contribution in [0.3, 0.4) is 0 Å². The lowest BCUT2D eigenvalue weighted by molar-refractivity contribution is -0.115. The third-order valence-electron chi connectivity index (χ3n) is 4.85. The van der Waals surface area contributed by atoms with Crippen molar-refractivity contribution in [3.05, 3.63) is 87.4 Å². The molecule has 30 heavy (non-hydrogen) atoms. The number of carbonyl (C=O) groups is 1. The Morgan fingerprint density at radius 2 is 1.93 bits per heavy atom. The van der Waals surface area contributed by atoms with E-state index in [1.165, 1.54) is 6.07 Å². The van der Waals surface area contributed by atoms with Crippen molar-refractivity contribution < 1.29 is 9.18 Å². The zero-order chi connectivity index (χ0) is 21.4. The number of pyridine rings is 1. The zero-order valence-electron chi connectivity index (χ0n) is 16.3. The van der Waals surface area contributed by atoms with E-state index in [0.29, 0.717) is 33.3 Å². The average Bonchev–Trinajstić information content (AvgIpc) is 3.05. The maximum absolute atomic E-state index is 13.8. The Kier molecular flexibility index (Phi) is 5.50. The van der Waals surface area contributed by atoms with Crippen LogP contribution in [0.1, 0.15) is 16.8 Å². The Morgan fingerprint density at radius 1 is 1.13 bits per heavy atom. The molecule has 0 unspecified atom stereocenters. The number of hydrogen-bond acceptors (Lipinski definition) is 2. The minimum atomic E-state index is -0.284. The van der Waals surface area contributed by atoms with Gasteiger partial charge in [-0.2, -0.15) is 0 Å². The molecule has 2 heterocycles. The molecule has 4 rings (SSSR count). The van der Waals surface area contributed by atoms with Crippen LogP contribution in [0.2, 0.25) is 10.0 Å². The van der Waals surface area contributed by atoms with Crippen LogP contribution in [-0.4, -0.2) is 15.3 Å². The summed E-state index contributed by atoms with van der Waals surface area (Å²) in [5.41, 5.74) is 4.79. The van der Waals surface area contributed by atoms with Crippen LogP contribution >= 0.6 is 23.2 Å². The Balaban J connectivity index is 1.76. The molecule has 4 nitrogen and oxygen atoms in total. The maximum atomic E-state index is 13.8. The van der Waals surface area contributed by atoms with Gasteiger partial charge in [-0.05, 0) is 61.4 Å². The van der Waals surface area contributed by atoms with Gasteiger partial charge in [0.15, 0.2) is 0 Å². The van der Waals surface area contributed by atoms with Gasteiger partial charge in [-0.3, -0.25) is 4.79 Å². The molecule has 0 atom stereocenters. The summed E-state index contributed by atoms with van der Waals surface area (Å²) in [7, 11) is 0. The molecule has 0 aliphatic rings. The van der Waals surface area contributed by atoms with Gasteiger partial charge >= 0.3 is 0 Å². The molecule has 2 aromatic carbocycles.